The number of nitrogens with zero attached hydrogens (tertiary/aromatic N) is 1. The van der Waals surface area contributed by atoms with Gasteiger partial charge in [-0.15, -0.1) is 12.4 Å². The number of likely N-dealkylation sites (tertiary alicyclic amines) is 1. The van der Waals surface area contributed by atoms with Crippen molar-refractivity contribution in [3.8, 4) is 0 Å². The number of benzene rings is 1. The highest BCUT2D eigenvalue weighted by atomic mass is 35.5. The molecule has 0 amide bonds. The van der Waals surface area contributed by atoms with Gasteiger partial charge in [-0.2, -0.15) is 0 Å². The number of piperidine rings is 1. The minimum Gasteiger partial charge on any atom is -0.378 e. The van der Waals surface area contributed by atoms with Gasteiger partial charge in [-0.1, -0.05) is 13.8 Å². The molecule has 0 saturated carbocycles. The largest absolute Gasteiger partial charge is 0.378 e. The number of Topliss-reactive ketones (excluding diaryl/α,β-unsaturated/α-hetero) is 1. The van der Waals surface area contributed by atoms with E-state index in [9.17, 15) is 9.18 Å². The number of rotatable bonds is 7. The third-order valence-electron chi connectivity index (χ3n) is 5.21. The van der Waals surface area contributed by atoms with Crippen LogP contribution in [-0.4, -0.2) is 43.0 Å². The van der Waals surface area contributed by atoms with Gasteiger partial charge >= 0.3 is 0 Å². The monoisotopic (exact) mass is 357 g/mol. The summed E-state index contributed by atoms with van der Waals surface area (Å²) in [6.07, 6.45) is 3.46. The topological polar surface area (TPSA) is 29.5 Å². The summed E-state index contributed by atoms with van der Waals surface area (Å²) in [4.78, 5) is 14.5. The molecule has 1 heterocycles. The van der Waals surface area contributed by atoms with E-state index in [1.807, 2.05) is 7.11 Å². The van der Waals surface area contributed by atoms with Crippen LogP contribution in [0.25, 0.3) is 0 Å². The number of carbonyl (C=O) groups excluding carboxylic acids is 1. The number of halogens is 2. The lowest BCUT2D eigenvalue weighted by Crippen LogP contribution is -2.48. The summed E-state index contributed by atoms with van der Waals surface area (Å²) in [7, 11) is 1.82. The molecule has 1 aromatic rings. The predicted molar refractivity (Wildman–Crippen MR) is 97.5 cm³/mol. The third-order valence-corrected chi connectivity index (χ3v) is 5.21. The number of hydrogen-bond donors (Lipinski definition) is 0. The van der Waals surface area contributed by atoms with E-state index in [2.05, 4.69) is 18.7 Å². The normalized spacial score (nSPS) is 17.5. The summed E-state index contributed by atoms with van der Waals surface area (Å²) >= 11 is 0. The van der Waals surface area contributed by atoms with Gasteiger partial charge < -0.3 is 9.64 Å². The van der Waals surface area contributed by atoms with Crippen LogP contribution in [0, 0.1) is 11.7 Å². The van der Waals surface area contributed by atoms with Gasteiger partial charge in [-0.25, -0.2) is 4.39 Å². The zero-order valence-electron chi connectivity index (χ0n) is 14.9. The molecule has 1 aromatic carbocycles. The van der Waals surface area contributed by atoms with Crippen LogP contribution >= 0.6 is 12.4 Å². The van der Waals surface area contributed by atoms with Crippen LogP contribution in [0.1, 0.15) is 49.9 Å². The lowest BCUT2D eigenvalue weighted by atomic mass is 9.81. The fourth-order valence-electron chi connectivity index (χ4n) is 3.42. The van der Waals surface area contributed by atoms with E-state index in [1.54, 1.807) is 12.1 Å². The van der Waals surface area contributed by atoms with Gasteiger partial charge in [-0.3, -0.25) is 4.79 Å². The summed E-state index contributed by atoms with van der Waals surface area (Å²) < 4.78 is 18.7. The number of methoxy groups -OCH3 is 1. The van der Waals surface area contributed by atoms with E-state index in [4.69, 9.17) is 4.74 Å². The van der Waals surface area contributed by atoms with Crippen molar-refractivity contribution >= 4 is 18.2 Å². The average molecular weight is 358 g/mol. The van der Waals surface area contributed by atoms with Gasteiger partial charge in [-0.05, 0) is 56.0 Å². The third kappa shape index (κ3) is 5.27. The van der Waals surface area contributed by atoms with Crippen molar-refractivity contribution in [2.45, 2.75) is 45.1 Å². The van der Waals surface area contributed by atoms with Crippen molar-refractivity contribution in [3.05, 3.63) is 35.6 Å². The molecular weight excluding hydrogens is 329 g/mol. The van der Waals surface area contributed by atoms with Gasteiger partial charge in [0.15, 0.2) is 5.78 Å². The summed E-state index contributed by atoms with van der Waals surface area (Å²) in [5.41, 5.74) is 0.615. The molecule has 1 saturated heterocycles. The molecule has 0 bridgehead atoms. The van der Waals surface area contributed by atoms with Gasteiger partial charge in [0.25, 0.3) is 0 Å². The summed E-state index contributed by atoms with van der Waals surface area (Å²) in [5.74, 6) is 0.312. The Balaban J connectivity index is 0.00000288. The molecule has 0 spiro atoms. The molecule has 5 heteroatoms. The lowest BCUT2D eigenvalue weighted by molar-refractivity contribution is -0.0885. The van der Waals surface area contributed by atoms with Crippen LogP contribution in [0.5, 0.6) is 0 Å². The van der Waals surface area contributed by atoms with Crippen molar-refractivity contribution in [1.29, 1.82) is 0 Å². The predicted octanol–water partition coefficient (Wildman–Crippen LogP) is 4.35. The second-order valence-corrected chi connectivity index (χ2v) is 6.80. The Hall–Kier alpha value is -0.970. The quantitative estimate of drug-likeness (QED) is 0.679. The molecule has 1 aliphatic rings. The molecule has 136 valence electrons. The first-order valence-electron chi connectivity index (χ1n) is 8.53. The molecule has 24 heavy (non-hydrogen) atoms. The van der Waals surface area contributed by atoms with Gasteiger partial charge in [0, 0.05) is 32.2 Å². The number of hydrogen-bond acceptors (Lipinski definition) is 3. The molecule has 0 aliphatic carbocycles. The maximum absolute atomic E-state index is 12.9. The molecule has 2 rings (SSSR count). The summed E-state index contributed by atoms with van der Waals surface area (Å²) in [6.45, 7) is 7.43. The Morgan fingerprint density at radius 1 is 1.25 bits per heavy atom. The molecular formula is C19H29ClFNO2. The van der Waals surface area contributed by atoms with E-state index in [0.717, 1.165) is 38.9 Å². The van der Waals surface area contributed by atoms with Crippen LogP contribution in [0.2, 0.25) is 0 Å². The second-order valence-electron chi connectivity index (χ2n) is 6.80. The average Bonchev–Trinajstić information content (AvgIpc) is 2.56. The fraction of sp³-hybridized carbons (Fsp3) is 0.632. The first-order chi connectivity index (χ1) is 11.0. The van der Waals surface area contributed by atoms with E-state index < -0.39 is 0 Å². The highest BCUT2D eigenvalue weighted by molar-refractivity contribution is 5.95. The molecule has 0 N–H and O–H groups in total. The van der Waals surface area contributed by atoms with Gasteiger partial charge in [0.1, 0.15) is 5.82 Å². The van der Waals surface area contributed by atoms with Crippen LogP contribution in [-0.2, 0) is 4.74 Å². The molecule has 0 aromatic heterocycles. The highest BCUT2D eigenvalue weighted by Gasteiger charge is 2.37. The molecule has 1 fully saturated rings. The smallest absolute Gasteiger partial charge is 0.162 e. The van der Waals surface area contributed by atoms with Crippen molar-refractivity contribution < 1.29 is 13.9 Å². The van der Waals surface area contributed by atoms with Crippen molar-refractivity contribution in [1.82, 2.24) is 4.90 Å². The summed E-state index contributed by atoms with van der Waals surface area (Å²) in [6, 6.07) is 5.81. The number of carbonyl (C=O) groups is 1. The SMILES string of the molecule is COC1(C(C)C)CCN(CCCC(=O)c2ccc(F)cc2)CC1.Cl. The molecule has 3 nitrogen and oxygen atoms in total. The highest BCUT2D eigenvalue weighted by Crippen LogP contribution is 2.33. The zero-order valence-corrected chi connectivity index (χ0v) is 15.7. The van der Waals surface area contributed by atoms with Gasteiger partial charge in [0.05, 0.1) is 5.60 Å². The molecule has 0 unspecified atom stereocenters. The minimum absolute atomic E-state index is 0. The first-order valence-corrected chi connectivity index (χ1v) is 8.53. The van der Waals surface area contributed by atoms with Crippen LogP contribution in [0.3, 0.4) is 0 Å². The van der Waals surface area contributed by atoms with Crippen molar-refractivity contribution in [2.75, 3.05) is 26.7 Å². The lowest BCUT2D eigenvalue weighted by Gasteiger charge is -2.43. The Labute approximate surface area is 151 Å². The Morgan fingerprint density at radius 2 is 1.83 bits per heavy atom. The van der Waals surface area contributed by atoms with E-state index in [0.29, 0.717) is 17.9 Å². The van der Waals surface area contributed by atoms with Gasteiger partial charge in [0.2, 0.25) is 0 Å². The van der Waals surface area contributed by atoms with E-state index >= 15 is 0 Å². The van der Waals surface area contributed by atoms with E-state index in [1.165, 1.54) is 12.1 Å². The minimum atomic E-state index is -0.304. The van der Waals surface area contributed by atoms with E-state index in [-0.39, 0.29) is 29.6 Å². The first kappa shape index (κ1) is 21.1. The zero-order chi connectivity index (χ0) is 16.9. The maximum atomic E-state index is 12.9. The standard InChI is InChI=1S/C19H28FNO2.ClH/c1-15(2)19(23-3)10-13-21(14-11-19)12-4-5-18(22)16-6-8-17(20)9-7-16;/h6-9,15H,4-5,10-14H2,1-3H3;1H. The van der Waals surface area contributed by atoms with Crippen LogP contribution in [0.15, 0.2) is 24.3 Å². The van der Waals surface area contributed by atoms with Crippen LogP contribution < -0.4 is 0 Å². The molecule has 0 atom stereocenters. The van der Waals surface area contributed by atoms with Crippen molar-refractivity contribution in [2.24, 2.45) is 5.92 Å². The Bertz CT molecular complexity index is 511. The maximum Gasteiger partial charge on any atom is 0.162 e. The Kier molecular flexibility index (Phi) is 8.34. The molecule has 0 radical (unpaired) electrons. The number of ether oxygens (including phenoxy) is 1. The fourth-order valence-corrected chi connectivity index (χ4v) is 3.42. The Morgan fingerprint density at radius 3 is 2.33 bits per heavy atom. The van der Waals surface area contributed by atoms with Crippen LogP contribution in [0.4, 0.5) is 4.39 Å². The second kappa shape index (κ2) is 9.50. The number of ketones is 1. The van der Waals surface area contributed by atoms with Crippen molar-refractivity contribution in [3.63, 3.8) is 0 Å². The molecule has 1 aliphatic heterocycles. The summed E-state index contributed by atoms with van der Waals surface area (Å²) in [5, 5.41) is 0.